The number of nitrogens with one attached hydrogen (secondary N) is 3. The van der Waals surface area contributed by atoms with Crippen LogP contribution in [0.1, 0.15) is 12.6 Å². The normalized spacial score (nSPS) is 13.6. The molecule has 0 aromatic carbocycles. The molecule has 4 N–H and O–H groups in total. The molecule has 0 aliphatic heterocycles. The highest BCUT2D eigenvalue weighted by molar-refractivity contribution is 7.98. The molecule has 0 saturated heterocycles. The Morgan fingerprint density at radius 2 is 2.26 bits per heavy atom. The van der Waals surface area contributed by atoms with E-state index in [4.69, 9.17) is 5.11 Å². The molecule has 0 bridgehead atoms. The number of urea groups is 1. The summed E-state index contributed by atoms with van der Waals surface area (Å²) in [5.41, 5.74) is 0.657. The Bertz CT molecular complexity index is 410. The molecule has 1 rings (SSSR count). The maximum atomic E-state index is 11.7. The SMILES string of the molecule is CSCC(C)NC(=O)N[C@H](Cc1cnc[nH]1)C(=O)O. The second-order valence-corrected chi connectivity index (χ2v) is 5.06. The van der Waals surface area contributed by atoms with Gasteiger partial charge in [-0.05, 0) is 13.2 Å². The number of carboxylic acid groups (broad SMARTS) is 1. The number of amides is 2. The van der Waals surface area contributed by atoms with Crippen molar-refractivity contribution >= 4 is 23.8 Å². The second kappa shape index (κ2) is 7.67. The summed E-state index contributed by atoms with van der Waals surface area (Å²) in [5.74, 6) is -0.312. The maximum absolute atomic E-state index is 11.7. The lowest BCUT2D eigenvalue weighted by atomic mass is 10.2. The third-order valence-corrected chi connectivity index (χ3v) is 3.21. The van der Waals surface area contributed by atoms with Gasteiger partial charge in [0.1, 0.15) is 6.04 Å². The number of aromatic amines is 1. The van der Waals surface area contributed by atoms with Gasteiger partial charge >= 0.3 is 12.0 Å². The zero-order valence-electron chi connectivity index (χ0n) is 10.8. The van der Waals surface area contributed by atoms with Gasteiger partial charge in [-0.25, -0.2) is 14.6 Å². The molecule has 0 aliphatic rings. The number of rotatable bonds is 7. The Kier molecular flexibility index (Phi) is 6.20. The van der Waals surface area contributed by atoms with Crippen LogP contribution in [0.3, 0.4) is 0 Å². The lowest BCUT2D eigenvalue weighted by Crippen LogP contribution is -2.49. The molecule has 0 fully saturated rings. The largest absolute Gasteiger partial charge is 0.480 e. The van der Waals surface area contributed by atoms with E-state index < -0.39 is 18.0 Å². The second-order valence-electron chi connectivity index (χ2n) is 4.15. The molecule has 0 saturated carbocycles. The van der Waals surface area contributed by atoms with Crippen molar-refractivity contribution in [3.8, 4) is 0 Å². The van der Waals surface area contributed by atoms with Crippen LogP contribution in [-0.2, 0) is 11.2 Å². The zero-order chi connectivity index (χ0) is 14.3. The van der Waals surface area contributed by atoms with Gasteiger partial charge in [0.2, 0.25) is 0 Å². The van der Waals surface area contributed by atoms with Crippen molar-refractivity contribution < 1.29 is 14.7 Å². The van der Waals surface area contributed by atoms with Crippen molar-refractivity contribution in [3.63, 3.8) is 0 Å². The molecule has 1 aromatic rings. The van der Waals surface area contributed by atoms with Crippen LogP contribution in [-0.4, -0.2) is 51.2 Å². The predicted octanol–water partition coefficient (Wildman–Crippen LogP) is 0.456. The first-order valence-corrected chi connectivity index (χ1v) is 7.18. The van der Waals surface area contributed by atoms with Gasteiger partial charge in [0.15, 0.2) is 0 Å². The summed E-state index contributed by atoms with van der Waals surface area (Å²) in [6.45, 7) is 1.86. The Balaban J connectivity index is 2.49. The number of carboxylic acids is 1. The van der Waals surface area contributed by atoms with E-state index in [1.165, 1.54) is 12.5 Å². The molecule has 19 heavy (non-hydrogen) atoms. The fourth-order valence-electron chi connectivity index (χ4n) is 1.53. The molecule has 2 atom stereocenters. The summed E-state index contributed by atoms with van der Waals surface area (Å²) in [6.07, 6.45) is 5.11. The first-order valence-electron chi connectivity index (χ1n) is 5.79. The molecule has 106 valence electrons. The topological polar surface area (TPSA) is 107 Å². The van der Waals surface area contributed by atoms with Crippen LogP contribution in [0.25, 0.3) is 0 Å². The predicted molar refractivity (Wildman–Crippen MR) is 73.2 cm³/mol. The molecule has 7 nitrogen and oxygen atoms in total. The van der Waals surface area contributed by atoms with Gasteiger partial charge in [-0.15, -0.1) is 0 Å². The number of nitrogens with zero attached hydrogens (tertiary/aromatic N) is 1. The molecule has 1 heterocycles. The monoisotopic (exact) mass is 286 g/mol. The van der Waals surface area contributed by atoms with E-state index in [2.05, 4.69) is 20.6 Å². The highest BCUT2D eigenvalue weighted by Gasteiger charge is 2.21. The Hall–Kier alpha value is -1.70. The van der Waals surface area contributed by atoms with Crippen LogP contribution < -0.4 is 10.6 Å². The number of imidazole rings is 1. The summed E-state index contributed by atoms with van der Waals surface area (Å²) in [5, 5.41) is 14.2. The van der Waals surface area contributed by atoms with Crippen LogP contribution >= 0.6 is 11.8 Å². The minimum Gasteiger partial charge on any atom is -0.480 e. The Morgan fingerprint density at radius 1 is 1.53 bits per heavy atom. The summed E-state index contributed by atoms with van der Waals surface area (Å²) in [4.78, 5) is 29.4. The van der Waals surface area contributed by atoms with E-state index in [1.807, 2.05) is 13.2 Å². The van der Waals surface area contributed by atoms with E-state index in [-0.39, 0.29) is 12.5 Å². The minimum absolute atomic E-state index is 0.0170. The number of aromatic nitrogens is 2. The number of carbonyl (C=O) groups is 2. The maximum Gasteiger partial charge on any atom is 0.326 e. The molecular weight excluding hydrogens is 268 g/mol. The number of aliphatic carboxylic acids is 1. The van der Waals surface area contributed by atoms with Crippen LogP contribution in [0.4, 0.5) is 4.79 Å². The highest BCUT2D eigenvalue weighted by Crippen LogP contribution is 2.00. The van der Waals surface area contributed by atoms with Crippen molar-refractivity contribution in [1.29, 1.82) is 0 Å². The molecule has 2 amide bonds. The molecule has 8 heteroatoms. The van der Waals surface area contributed by atoms with Crippen molar-refractivity contribution in [2.45, 2.75) is 25.4 Å². The fourth-order valence-corrected chi connectivity index (χ4v) is 2.12. The van der Waals surface area contributed by atoms with Crippen molar-refractivity contribution in [2.24, 2.45) is 0 Å². The van der Waals surface area contributed by atoms with Crippen LogP contribution in [0, 0.1) is 0 Å². The molecule has 0 spiro atoms. The fraction of sp³-hybridized carbons (Fsp3) is 0.545. The van der Waals surface area contributed by atoms with Crippen molar-refractivity contribution in [3.05, 3.63) is 18.2 Å². The van der Waals surface area contributed by atoms with Gasteiger partial charge in [-0.3, -0.25) is 0 Å². The van der Waals surface area contributed by atoms with E-state index in [1.54, 1.807) is 11.8 Å². The molecule has 1 aromatic heterocycles. The van der Waals surface area contributed by atoms with Crippen molar-refractivity contribution in [2.75, 3.05) is 12.0 Å². The third kappa shape index (κ3) is 5.64. The molecule has 1 unspecified atom stereocenters. The van der Waals surface area contributed by atoms with Crippen LogP contribution in [0.5, 0.6) is 0 Å². The zero-order valence-corrected chi connectivity index (χ0v) is 11.7. The summed E-state index contributed by atoms with van der Waals surface area (Å²) < 4.78 is 0. The smallest absolute Gasteiger partial charge is 0.326 e. The first-order chi connectivity index (χ1) is 9.02. The summed E-state index contributed by atoms with van der Waals surface area (Å²) in [7, 11) is 0. The van der Waals surface area contributed by atoms with Crippen LogP contribution in [0.15, 0.2) is 12.5 Å². The standard InChI is InChI=1S/C11H18N4O3S/c1-7(5-19-2)14-11(18)15-9(10(16)17)3-8-4-12-6-13-8/h4,6-7,9H,3,5H2,1-2H3,(H,12,13)(H,16,17)(H2,14,15,18)/t7?,9-/m1/s1. The quantitative estimate of drug-likeness (QED) is 0.582. The van der Waals surface area contributed by atoms with Gasteiger partial charge in [0.25, 0.3) is 0 Å². The summed E-state index contributed by atoms with van der Waals surface area (Å²) >= 11 is 1.61. The highest BCUT2D eigenvalue weighted by atomic mass is 32.2. The van der Waals surface area contributed by atoms with Crippen molar-refractivity contribution in [1.82, 2.24) is 20.6 Å². The van der Waals surface area contributed by atoms with E-state index in [0.717, 1.165) is 5.75 Å². The number of hydrogen-bond donors (Lipinski definition) is 4. The van der Waals surface area contributed by atoms with Gasteiger partial charge in [-0.2, -0.15) is 11.8 Å². The molecular formula is C11H18N4O3S. The molecule has 0 radical (unpaired) electrons. The lowest BCUT2D eigenvalue weighted by Gasteiger charge is -2.17. The summed E-state index contributed by atoms with van der Waals surface area (Å²) in [6, 6.07) is -1.48. The first kappa shape index (κ1) is 15.4. The van der Waals surface area contributed by atoms with Crippen LogP contribution in [0.2, 0.25) is 0 Å². The van der Waals surface area contributed by atoms with Gasteiger partial charge in [-0.1, -0.05) is 0 Å². The Labute approximate surface area is 115 Å². The number of hydrogen-bond acceptors (Lipinski definition) is 4. The average Bonchev–Trinajstić information content (AvgIpc) is 2.80. The number of thioether (sulfide) groups is 1. The minimum atomic E-state index is -1.08. The van der Waals surface area contributed by atoms with Gasteiger partial charge in [0, 0.05) is 30.1 Å². The lowest BCUT2D eigenvalue weighted by molar-refractivity contribution is -0.139. The number of H-pyrrole nitrogens is 1. The van der Waals surface area contributed by atoms with Gasteiger partial charge in [0.05, 0.1) is 6.33 Å². The Morgan fingerprint density at radius 3 is 2.79 bits per heavy atom. The number of carbonyl (C=O) groups excluding carboxylic acids is 1. The van der Waals surface area contributed by atoms with Gasteiger partial charge < -0.3 is 20.7 Å². The van der Waals surface area contributed by atoms with E-state index >= 15 is 0 Å². The van der Waals surface area contributed by atoms with E-state index in [9.17, 15) is 9.59 Å². The average molecular weight is 286 g/mol. The third-order valence-electron chi connectivity index (χ3n) is 2.38. The van der Waals surface area contributed by atoms with E-state index in [0.29, 0.717) is 5.69 Å². The molecule has 0 aliphatic carbocycles.